The van der Waals surface area contributed by atoms with Crippen LogP contribution in [0.2, 0.25) is 5.02 Å². The molecule has 10 nitrogen and oxygen atoms in total. The van der Waals surface area contributed by atoms with Gasteiger partial charge in [0, 0.05) is 31.0 Å². The van der Waals surface area contributed by atoms with E-state index in [0.29, 0.717) is 16.7 Å². The summed E-state index contributed by atoms with van der Waals surface area (Å²) < 4.78 is 1.94. The highest BCUT2D eigenvalue weighted by Gasteiger charge is 2.33. The molecule has 1 unspecified atom stereocenters. The number of benzene rings is 1. The molecule has 5 rings (SSSR count). The standard InChI is InChI=1S/C18H17ClN10/c1-27-17(12-9-20-11-21-10-12)23-24-18(27)28-7-3-6-15(28)16-22-26-29(25-16)14-5-2-4-13(19)8-14/h2,4-5,8-11,15H,3,6-7H2,1H3. The Bertz CT molecular complexity index is 1140. The molecular weight excluding hydrogens is 392 g/mol. The third kappa shape index (κ3) is 3.21. The van der Waals surface area contributed by atoms with E-state index in [2.05, 4.69) is 40.5 Å². The summed E-state index contributed by atoms with van der Waals surface area (Å²) in [6, 6.07) is 7.34. The molecule has 1 aliphatic heterocycles. The van der Waals surface area contributed by atoms with Gasteiger partial charge in [0.15, 0.2) is 11.6 Å². The first kappa shape index (κ1) is 17.7. The van der Waals surface area contributed by atoms with Crippen molar-refractivity contribution < 1.29 is 0 Å². The van der Waals surface area contributed by atoms with E-state index in [9.17, 15) is 0 Å². The Morgan fingerprint density at radius 1 is 1.10 bits per heavy atom. The van der Waals surface area contributed by atoms with Crippen LogP contribution in [0.15, 0.2) is 43.0 Å². The van der Waals surface area contributed by atoms with Crippen LogP contribution in [0.1, 0.15) is 24.7 Å². The van der Waals surface area contributed by atoms with Crippen molar-refractivity contribution in [3.05, 3.63) is 53.8 Å². The number of hydrogen-bond acceptors (Lipinski definition) is 8. The molecule has 0 spiro atoms. The molecule has 4 heterocycles. The fourth-order valence-corrected chi connectivity index (χ4v) is 3.76. The summed E-state index contributed by atoms with van der Waals surface area (Å²) in [6.45, 7) is 0.841. The molecule has 3 aromatic heterocycles. The van der Waals surface area contributed by atoms with Crippen molar-refractivity contribution in [2.24, 2.45) is 7.05 Å². The van der Waals surface area contributed by atoms with Crippen LogP contribution in [0.4, 0.5) is 5.95 Å². The van der Waals surface area contributed by atoms with Crippen LogP contribution in [0, 0.1) is 0 Å². The summed E-state index contributed by atoms with van der Waals surface area (Å²) in [4.78, 5) is 11.8. The minimum atomic E-state index is -0.0225. The molecule has 1 fully saturated rings. The van der Waals surface area contributed by atoms with Crippen LogP contribution in [0.3, 0.4) is 0 Å². The SMILES string of the molecule is Cn1c(-c2cncnc2)nnc1N1CCCC1c1nnn(-c2cccc(Cl)c2)n1. The van der Waals surface area contributed by atoms with Gasteiger partial charge in [-0.1, -0.05) is 17.7 Å². The first-order valence-corrected chi connectivity index (χ1v) is 9.56. The highest BCUT2D eigenvalue weighted by molar-refractivity contribution is 6.30. The molecule has 1 atom stereocenters. The lowest BCUT2D eigenvalue weighted by Crippen LogP contribution is -2.26. The highest BCUT2D eigenvalue weighted by atomic mass is 35.5. The minimum Gasteiger partial charge on any atom is -0.330 e. The second kappa shape index (κ2) is 7.21. The molecule has 0 N–H and O–H groups in total. The molecule has 0 radical (unpaired) electrons. The molecule has 1 aromatic carbocycles. The molecule has 0 aliphatic carbocycles. The highest BCUT2D eigenvalue weighted by Crippen LogP contribution is 2.34. The number of aromatic nitrogens is 9. The van der Waals surface area contributed by atoms with Gasteiger partial charge in [-0.05, 0) is 36.3 Å². The van der Waals surface area contributed by atoms with Gasteiger partial charge in [-0.25, -0.2) is 9.97 Å². The van der Waals surface area contributed by atoms with E-state index >= 15 is 0 Å². The zero-order valence-electron chi connectivity index (χ0n) is 15.6. The first-order valence-electron chi connectivity index (χ1n) is 9.18. The van der Waals surface area contributed by atoms with Crippen molar-refractivity contribution in [3.8, 4) is 17.1 Å². The van der Waals surface area contributed by atoms with Crippen LogP contribution < -0.4 is 4.90 Å². The molecule has 11 heteroatoms. The molecule has 146 valence electrons. The number of tetrazole rings is 1. The monoisotopic (exact) mass is 408 g/mol. The van der Waals surface area contributed by atoms with Crippen LogP contribution in [0.25, 0.3) is 17.1 Å². The van der Waals surface area contributed by atoms with E-state index in [1.165, 1.54) is 11.1 Å². The maximum Gasteiger partial charge on any atom is 0.227 e. The smallest absolute Gasteiger partial charge is 0.227 e. The zero-order chi connectivity index (χ0) is 19.8. The topological polar surface area (TPSA) is 103 Å². The third-order valence-electron chi connectivity index (χ3n) is 4.95. The van der Waals surface area contributed by atoms with E-state index in [-0.39, 0.29) is 6.04 Å². The van der Waals surface area contributed by atoms with Crippen molar-refractivity contribution in [2.45, 2.75) is 18.9 Å². The number of nitrogens with zero attached hydrogens (tertiary/aromatic N) is 10. The predicted octanol–water partition coefficient (Wildman–Crippen LogP) is 2.24. The Hall–Kier alpha value is -3.40. The van der Waals surface area contributed by atoms with Gasteiger partial charge in [0.1, 0.15) is 6.33 Å². The van der Waals surface area contributed by atoms with Crippen molar-refractivity contribution in [1.29, 1.82) is 0 Å². The quantitative estimate of drug-likeness (QED) is 0.506. The molecule has 1 saturated heterocycles. The first-order chi connectivity index (χ1) is 14.2. The predicted molar refractivity (Wildman–Crippen MR) is 106 cm³/mol. The summed E-state index contributed by atoms with van der Waals surface area (Å²) in [5.41, 5.74) is 1.58. The van der Waals surface area contributed by atoms with E-state index in [0.717, 1.165) is 36.6 Å². The Balaban J connectivity index is 1.45. The van der Waals surface area contributed by atoms with Gasteiger partial charge < -0.3 is 4.90 Å². The van der Waals surface area contributed by atoms with Crippen molar-refractivity contribution >= 4 is 17.5 Å². The van der Waals surface area contributed by atoms with E-state index in [1.54, 1.807) is 18.5 Å². The Kier molecular flexibility index (Phi) is 4.39. The normalized spacial score (nSPS) is 16.5. The summed E-state index contributed by atoms with van der Waals surface area (Å²) in [5.74, 6) is 2.11. The summed E-state index contributed by atoms with van der Waals surface area (Å²) >= 11 is 6.08. The largest absolute Gasteiger partial charge is 0.330 e. The zero-order valence-corrected chi connectivity index (χ0v) is 16.3. The van der Waals surface area contributed by atoms with Gasteiger partial charge in [0.2, 0.25) is 5.95 Å². The third-order valence-corrected chi connectivity index (χ3v) is 5.18. The van der Waals surface area contributed by atoms with Crippen molar-refractivity contribution in [2.75, 3.05) is 11.4 Å². The maximum absolute atomic E-state index is 6.08. The van der Waals surface area contributed by atoms with E-state index in [1.807, 2.05) is 29.8 Å². The molecular formula is C18H17ClN10. The average molecular weight is 409 g/mol. The molecule has 0 saturated carbocycles. The van der Waals surface area contributed by atoms with Crippen molar-refractivity contribution in [1.82, 2.24) is 44.9 Å². The number of rotatable bonds is 4. The molecule has 0 amide bonds. The Morgan fingerprint density at radius 2 is 1.97 bits per heavy atom. The van der Waals surface area contributed by atoms with Crippen LogP contribution in [-0.4, -0.2) is 51.5 Å². The Labute approximate surface area is 171 Å². The van der Waals surface area contributed by atoms with E-state index in [4.69, 9.17) is 11.6 Å². The lowest BCUT2D eigenvalue weighted by molar-refractivity contribution is 0.639. The number of anilines is 1. The second-order valence-corrected chi connectivity index (χ2v) is 7.21. The van der Waals surface area contributed by atoms with Crippen LogP contribution >= 0.6 is 11.6 Å². The molecule has 4 aromatic rings. The van der Waals surface area contributed by atoms with Crippen molar-refractivity contribution in [3.63, 3.8) is 0 Å². The van der Waals surface area contributed by atoms with Gasteiger partial charge >= 0.3 is 0 Å². The van der Waals surface area contributed by atoms with E-state index < -0.39 is 0 Å². The van der Waals surface area contributed by atoms with Crippen LogP contribution in [-0.2, 0) is 7.05 Å². The average Bonchev–Trinajstić information content (AvgIpc) is 3.47. The van der Waals surface area contributed by atoms with Crippen LogP contribution in [0.5, 0.6) is 0 Å². The van der Waals surface area contributed by atoms with Gasteiger partial charge in [0.25, 0.3) is 0 Å². The molecule has 0 bridgehead atoms. The summed E-state index contributed by atoms with van der Waals surface area (Å²) in [7, 11) is 1.93. The fourth-order valence-electron chi connectivity index (χ4n) is 3.58. The summed E-state index contributed by atoms with van der Waals surface area (Å²) in [5, 5.41) is 22.5. The lowest BCUT2D eigenvalue weighted by Gasteiger charge is -2.22. The van der Waals surface area contributed by atoms with Gasteiger partial charge in [-0.2, -0.15) is 0 Å². The number of halogens is 1. The molecule has 1 aliphatic rings. The number of hydrogen-bond donors (Lipinski definition) is 0. The van der Waals surface area contributed by atoms with Gasteiger partial charge in [0.05, 0.1) is 17.3 Å². The van der Waals surface area contributed by atoms with Gasteiger partial charge in [-0.3, -0.25) is 4.57 Å². The maximum atomic E-state index is 6.08. The van der Waals surface area contributed by atoms with Gasteiger partial charge in [-0.15, -0.1) is 25.2 Å². The second-order valence-electron chi connectivity index (χ2n) is 6.78. The molecule has 29 heavy (non-hydrogen) atoms. The fraction of sp³-hybridized carbons (Fsp3) is 0.278. The summed E-state index contributed by atoms with van der Waals surface area (Å²) in [6.07, 6.45) is 6.86. The minimum absolute atomic E-state index is 0.0225. The Morgan fingerprint density at radius 3 is 2.79 bits per heavy atom. The lowest BCUT2D eigenvalue weighted by atomic mass is 10.2.